The maximum atomic E-state index is 12.6. The van der Waals surface area contributed by atoms with Crippen LogP contribution in [0.15, 0.2) is 48.5 Å². The second-order valence-corrected chi connectivity index (χ2v) is 6.68. The molecule has 0 aliphatic rings. The summed E-state index contributed by atoms with van der Waals surface area (Å²) in [6.45, 7) is 4.24. The van der Waals surface area contributed by atoms with Crippen LogP contribution in [0, 0.1) is 5.92 Å². The first-order valence-electron chi connectivity index (χ1n) is 8.04. The molecule has 1 atom stereocenters. The Morgan fingerprint density at radius 3 is 2.58 bits per heavy atom. The van der Waals surface area contributed by atoms with Crippen molar-refractivity contribution in [2.75, 3.05) is 0 Å². The maximum absolute atomic E-state index is 12.6. The lowest BCUT2D eigenvalue weighted by atomic mass is 10.0. The predicted octanol–water partition coefficient (Wildman–Crippen LogP) is 4.73. The zero-order chi connectivity index (χ0) is 17.1. The number of nitrogens with zero attached hydrogens (tertiary/aromatic N) is 1. The zero-order valence-electron chi connectivity index (χ0n) is 13.7. The Bertz CT molecular complexity index is 823. The van der Waals surface area contributed by atoms with Crippen LogP contribution >= 0.6 is 11.6 Å². The van der Waals surface area contributed by atoms with Gasteiger partial charge in [-0.05, 0) is 36.6 Å². The minimum Gasteiger partial charge on any atom is -0.342 e. The van der Waals surface area contributed by atoms with Crippen molar-refractivity contribution in [2.45, 2.75) is 26.3 Å². The second-order valence-electron chi connectivity index (χ2n) is 6.27. The van der Waals surface area contributed by atoms with Gasteiger partial charge in [-0.2, -0.15) is 0 Å². The van der Waals surface area contributed by atoms with Crippen LogP contribution in [0.4, 0.5) is 0 Å². The summed E-state index contributed by atoms with van der Waals surface area (Å²) in [5, 5.41) is 3.51. The number of carbonyl (C=O) groups excluding carboxylic acids is 1. The van der Waals surface area contributed by atoms with E-state index >= 15 is 0 Å². The number of hydrogen-bond donors (Lipinski definition) is 2. The lowest BCUT2D eigenvalue weighted by Crippen LogP contribution is -2.30. The van der Waals surface area contributed by atoms with Gasteiger partial charge in [0.15, 0.2) is 0 Å². The van der Waals surface area contributed by atoms with Gasteiger partial charge in [0.1, 0.15) is 5.82 Å². The fourth-order valence-electron chi connectivity index (χ4n) is 2.73. The number of imidazole rings is 1. The molecule has 0 unspecified atom stereocenters. The molecular weight excluding hydrogens is 322 g/mol. The quantitative estimate of drug-likeness (QED) is 0.704. The number of nitrogens with one attached hydrogen (secondary N) is 2. The minimum absolute atomic E-state index is 0.188. The normalized spacial score (nSPS) is 12.5. The molecule has 1 amide bonds. The monoisotopic (exact) mass is 341 g/mol. The lowest BCUT2D eigenvalue weighted by molar-refractivity contribution is 0.0930. The van der Waals surface area contributed by atoms with Crippen molar-refractivity contribution in [1.82, 2.24) is 15.3 Å². The molecule has 124 valence electrons. The molecule has 2 aromatic carbocycles. The summed E-state index contributed by atoms with van der Waals surface area (Å²) in [6, 6.07) is 14.7. The first-order valence-corrected chi connectivity index (χ1v) is 8.42. The Labute approximate surface area is 146 Å². The molecule has 0 aliphatic heterocycles. The Balaban J connectivity index is 1.89. The highest BCUT2D eigenvalue weighted by atomic mass is 35.5. The summed E-state index contributed by atoms with van der Waals surface area (Å²) >= 11 is 6.13. The van der Waals surface area contributed by atoms with Crippen LogP contribution in [-0.4, -0.2) is 15.9 Å². The largest absolute Gasteiger partial charge is 0.342 e. The molecule has 3 rings (SSSR count). The van der Waals surface area contributed by atoms with Crippen molar-refractivity contribution in [3.8, 4) is 0 Å². The van der Waals surface area contributed by atoms with Crippen LogP contribution < -0.4 is 5.32 Å². The summed E-state index contributed by atoms with van der Waals surface area (Å²) in [4.78, 5) is 20.6. The van der Waals surface area contributed by atoms with Gasteiger partial charge >= 0.3 is 0 Å². The Morgan fingerprint density at radius 2 is 1.88 bits per heavy atom. The van der Waals surface area contributed by atoms with Gasteiger partial charge in [-0.1, -0.05) is 49.7 Å². The number of rotatable bonds is 5. The van der Waals surface area contributed by atoms with E-state index in [1.54, 1.807) is 18.2 Å². The van der Waals surface area contributed by atoms with Gasteiger partial charge in [0.25, 0.3) is 5.91 Å². The average Bonchev–Trinajstić information content (AvgIpc) is 2.98. The Hall–Kier alpha value is -2.33. The van der Waals surface area contributed by atoms with E-state index < -0.39 is 0 Å². The number of aromatic nitrogens is 2. The molecule has 1 aromatic heterocycles. The Morgan fingerprint density at radius 1 is 1.17 bits per heavy atom. The standard InChI is InChI=1S/C19H20ClN3O/c1-12(2)11-17(18-21-15-9-5-6-10-16(15)22-18)23-19(24)13-7-3-4-8-14(13)20/h3-10,12,17H,11H2,1-2H3,(H,21,22)(H,23,24)/t17-/m1/s1. The topological polar surface area (TPSA) is 57.8 Å². The third-order valence-corrected chi connectivity index (χ3v) is 4.20. The van der Waals surface area contributed by atoms with Gasteiger partial charge in [-0.25, -0.2) is 4.98 Å². The molecule has 0 radical (unpaired) electrons. The summed E-state index contributed by atoms with van der Waals surface area (Å²) < 4.78 is 0. The number of carbonyl (C=O) groups is 1. The molecule has 0 saturated heterocycles. The molecule has 0 bridgehead atoms. The van der Waals surface area contributed by atoms with Gasteiger partial charge in [-0.3, -0.25) is 4.79 Å². The zero-order valence-corrected chi connectivity index (χ0v) is 14.5. The fourth-order valence-corrected chi connectivity index (χ4v) is 2.95. The fraction of sp³-hybridized carbons (Fsp3) is 0.263. The van der Waals surface area contributed by atoms with Crippen LogP contribution in [-0.2, 0) is 0 Å². The highest BCUT2D eigenvalue weighted by Crippen LogP contribution is 2.23. The molecule has 5 heteroatoms. The highest BCUT2D eigenvalue weighted by Gasteiger charge is 2.21. The van der Waals surface area contributed by atoms with Gasteiger partial charge in [-0.15, -0.1) is 0 Å². The second kappa shape index (κ2) is 7.05. The van der Waals surface area contributed by atoms with E-state index in [9.17, 15) is 4.79 Å². The van der Waals surface area contributed by atoms with Crippen LogP contribution in [0.25, 0.3) is 11.0 Å². The number of halogens is 1. The third-order valence-electron chi connectivity index (χ3n) is 3.87. The van der Waals surface area contributed by atoms with Crippen LogP contribution in [0.3, 0.4) is 0 Å². The van der Waals surface area contributed by atoms with Gasteiger partial charge in [0.2, 0.25) is 0 Å². The van der Waals surface area contributed by atoms with Crippen molar-refractivity contribution in [3.63, 3.8) is 0 Å². The van der Waals surface area contributed by atoms with Crippen molar-refractivity contribution in [3.05, 3.63) is 64.9 Å². The van der Waals surface area contributed by atoms with E-state index in [1.807, 2.05) is 30.3 Å². The number of benzene rings is 2. The molecule has 0 spiro atoms. The maximum Gasteiger partial charge on any atom is 0.253 e. The number of aromatic amines is 1. The van der Waals surface area contributed by atoms with Gasteiger partial charge < -0.3 is 10.3 Å². The molecule has 1 heterocycles. The minimum atomic E-state index is -0.193. The molecule has 4 nitrogen and oxygen atoms in total. The smallest absolute Gasteiger partial charge is 0.253 e. The van der Waals surface area contributed by atoms with Crippen LogP contribution in [0.1, 0.15) is 42.5 Å². The first kappa shape index (κ1) is 16.5. The average molecular weight is 342 g/mol. The molecule has 3 aromatic rings. The molecule has 24 heavy (non-hydrogen) atoms. The van der Waals surface area contributed by atoms with Crippen LogP contribution in [0.5, 0.6) is 0 Å². The van der Waals surface area contributed by atoms with E-state index in [2.05, 4.69) is 29.1 Å². The molecule has 0 aliphatic carbocycles. The highest BCUT2D eigenvalue weighted by molar-refractivity contribution is 6.33. The van der Waals surface area contributed by atoms with E-state index in [1.165, 1.54) is 0 Å². The number of H-pyrrole nitrogens is 1. The molecule has 2 N–H and O–H groups in total. The summed E-state index contributed by atoms with van der Waals surface area (Å²) in [5.74, 6) is 0.992. The number of fused-ring (bicyclic) bond motifs is 1. The van der Waals surface area contributed by atoms with E-state index in [0.717, 1.165) is 23.3 Å². The van der Waals surface area contributed by atoms with Crippen molar-refractivity contribution < 1.29 is 4.79 Å². The molecular formula is C19H20ClN3O. The van der Waals surface area contributed by atoms with E-state index in [0.29, 0.717) is 16.5 Å². The first-order chi connectivity index (χ1) is 11.5. The third kappa shape index (κ3) is 3.60. The van der Waals surface area contributed by atoms with Crippen molar-refractivity contribution in [1.29, 1.82) is 0 Å². The summed E-state index contributed by atoms with van der Waals surface area (Å²) in [6.07, 6.45) is 0.788. The number of amides is 1. The van der Waals surface area contributed by atoms with Gasteiger partial charge in [0.05, 0.1) is 27.7 Å². The molecule has 0 saturated carbocycles. The van der Waals surface area contributed by atoms with Crippen molar-refractivity contribution in [2.24, 2.45) is 5.92 Å². The summed E-state index contributed by atoms with van der Waals surface area (Å²) in [7, 11) is 0. The van der Waals surface area contributed by atoms with E-state index in [-0.39, 0.29) is 11.9 Å². The number of hydrogen-bond acceptors (Lipinski definition) is 2. The molecule has 0 fully saturated rings. The SMILES string of the molecule is CC(C)C[C@@H](NC(=O)c1ccccc1Cl)c1nc2ccccc2[nH]1. The summed E-state index contributed by atoms with van der Waals surface area (Å²) in [5.41, 5.74) is 2.34. The lowest BCUT2D eigenvalue weighted by Gasteiger charge is -2.19. The predicted molar refractivity (Wildman–Crippen MR) is 97.2 cm³/mol. The number of para-hydroxylation sites is 2. The van der Waals surface area contributed by atoms with Gasteiger partial charge in [0, 0.05) is 0 Å². The van der Waals surface area contributed by atoms with E-state index in [4.69, 9.17) is 11.6 Å². The van der Waals surface area contributed by atoms with Crippen LogP contribution in [0.2, 0.25) is 5.02 Å². The Kier molecular flexibility index (Phi) is 4.86. The van der Waals surface area contributed by atoms with Crippen molar-refractivity contribution >= 4 is 28.5 Å².